The number of anilines is 1. The maximum Gasteiger partial charge on any atom is 0.318 e. The Labute approximate surface area is 187 Å². The van der Waals surface area contributed by atoms with Crippen LogP contribution in [0.15, 0.2) is 48.5 Å². The first-order valence-electron chi connectivity index (χ1n) is 10.2. The minimum atomic E-state index is -1.05. The summed E-state index contributed by atoms with van der Waals surface area (Å²) >= 11 is 1.08. The lowest BCUT2D eigenvalue weighted by molar-refractivity contribution is 0.102. The van der Waals surface area contributed by atoms with E-state index in [1.807, 2.05) is 30.3 Å². The van der Waals surface area contributed by atoms with Crippen molar-refractivity contribution < 1.29 is 18.4 Å². The molecule has 0 saturated carbocycles. The standard InChI is InChI=1S/C22H21F2N5O2S/c23-16-9-8-15(13-17(16)24)26-19(30)21-28-27-20(32-21)18-7-4-12-29(18)22(31)25-11-10-14-5-2-1-3-6-14/h1-3,5-6,8-9,13,18H,4,7,10-12H2,(H,25,31)(H,26,30). The van der Waals surface area contributed by atoms with Crippen molar-refractivity contribution in [2.75, 3.05) is 18.4 Å². The minimum Gasteiger partial charge on any atom is -0.338 e. The first-order valence-corrected chi connectivity index (χ1v) is 11.0. The van der Waals surface area contributed by atoms with Crippen molar-refractivity contribution in [1.82, 2.24) is 20.4 Å². The van der Waals surface area contributed by atoms with Crippen molar-refractivity contribution in [2.24, 2.45) is 0 Å². The van der Waals surface area contributed by atoms with E-state index < -0.39 is 17.5 Å². The van der Waals surface area contributed by atoms with E-state index in [4.69, 9.17) is 0 Å². The second-order valence-corrected chi connectivity index (χ2v) is 8.36. The number of aromatic nitrogens is 2. The first-order chi connectivity index (χ1) is 15.5. The van der Waals surface area contributed by atoms with Gasteiger partial charge in [-0.05, 0) is 37.0 Å². The Bertz CT molecular complexity index is 1110. The van der Waals surface area contributed by atoms with Crippen LogP contribution in [-0.4, -0.2) is 40.1 Å². The lowest BCUT2D eigenvalue weighted by atomic mass is 10.1. The third kappa shape index (κ3) is 5.08. The van der Waals surface area contributed by atoms with Gasteiger partial charge < -0.3 is 15.5 Å². The van der Waals surface area contributed by atoms with Crippen LogP contribution in [0, 0.1) is 11.6 Å². The number of amides is 3. The average Bonchev–Trinajstić information content (AvgIpc) is 3.46. The molecule has 1 aromatic heterocycles. The summed E-state index contributed by atoms with van der Waals surface area (Å²) in [7, 11) is 0. The molecule has 7 nitrogen and oxygen atoms in total. The van der Waals surface area contributed by atoms with Gasteiger partial charge in [0.05, 0.1) is 6.04 Å². The largest absolute Gasteiger partial charge is 0.338 e. The molecule has 2 aromatic carbocycles. The van der Waals surface area contributed by atoms with Crippen LogP contribution in [0.4, 0.5) is 19.3 Å². The van der Waals surface area contributed by atoms with Crippen LogP contribution in [0.1, 0.15) is 39.3 Å². The van der Waals surface area contributed by atoms with E-state index in [9.17, 15) is 18.4 Å². The van der Waals surface area contributed by atoms with Crippen molar-refractivity contribution in [3.05, 3.63) is 75.7 Å². The number of hydrogen-bond acceptors (Lipinski definition) is 5. The Hall–Kier alpha value is -3.40. The number of halogens is 2. The molecule has 0 bridgehead atoms. The second-order valence-electron chi connectivity index (χ2n) is 7.35. The van der Waals surface area contributed by atoms with Crippen molar-refractivity contribution in [2.45, 2.75) is 25.3 Å². The number of rotatable bonds is 6. The lowest BCUT2D eigenvalue weighted by Crippen LogP contribution is -2.40. The molecule has 2 N–H and O–H groups in total. The molecule has 1 atom stereocenters. The van der Waals surface area contributed by atoms with Crippen LogP contribution in [0.3, 0.4) is 0 Å². The molecule has 32 heavy (non-hydrogen) atoms. The molecule has 1 aliphatic heterocycles. The van der Waals surface area contributed by atoms with Crippen molar-refractivity contribution in [1.29, 1.82) is 0 Å². The molecule has 1 aliphatic rings. The predicted octanol–water partition coefficient (Wildman–Crippen LogP) is 4.16. The zero-order chi connectivity index (χ0) is 22.5. The van der Waals surface area contributed by atoms with Crippen molar-refractivity contribution >= 4 is 29.0 Å². The van der Waals surface area contributed by atoms with E-state index in [0.29, 0.717) is 18.1 Å². The van der Waals surface area contributed by atoms with Crippen LogP contribution >= 0.6 is 11.3 Å². The zero-order valence-corrected chi connectivity index (χ0v) is 17.9. The Morgan fingerprint density at radius 1 is 1.09 bits per heavy atom. The number of nitrogens with zero attached hydrogens (tertiary/aromatic N) is 3. The number of hydrogen-bond donors (Lipinski definition) is 2. The molecule has 3 amide bonds. The molecule has 1 saturated heterocycles. The summed E-state index contributed by atoms with van der Waals surface area (Å²) in [5.41, 5.74) is 1.26. The quantitative estimate of drug-likeness (QED) is 0.582. The van der Waals surface area contributed by atoms with Gasteiger partial charge in [0, 0.05) is 24.8 Å². The number of benzene rings is 2. The highest BCUT2D eigenvalue weighted by Crippen LogP contribution is 2.33. The van der Waals surface area contributed by atoms with Crippen LogP contribution in [0.25, 0.3) is 0 Å². The molecule has 0 spiro atoms. The van der Waals surface area contributed by atoms with Gasteiger partial charge in [-0.2, -0.15) is 0 Å². The van der Waals surface area contributed by atoms with Gasteiger partial charge in [0.15, 0.2) is 11.6 Å². The Morgan fingerprint density at radius 2 is 1.91 bits per heavy atom. The summed E-state index contributed by atoms with van der Waals surface area (Å²) < 4.78 is 26.4. The highest BCUT2D eigenvalue weighted by molar-refractivity contribution is 7.13. The van der Waals surface area contributed by atoms with Gasteiger partial charge in [-0.25, -0.2) is 13.6 Å². The summed E-state index contributed by atoms with van der Waals surface area (Å²) in [5, 5.41) is 14.1. The summed E-state index contributed by atoms with van der Waals surface area (Å²) in [6.45, 7) is 1.11. The molecule has 0 aliphatic carbocycles. The fraction of sp³-hybridized carbons (Fsp3) is 0.273. The molecule has 1 unspecified atom stereocenters. The van der Waals surface area contributed by atoms with Gasteiger partial charge in [-0.1, -0.05) is 41.7 Å². The van der Waals surface area contributed by atoms with E-state index >= 15 is 0 Å². The average molecular weight is 458 g/mol. The summed E-state index contributed by atoms with van der Waals surface area (Å²) in [4.78, 5) is 26.8. The highest BCUT2D eigenvalue weighted by Gasteiger charge is 2.33. The van der Waals surface area contributed by atoms with Gasteiger partial charge >= 0.3 is 6.03 Å². The van der Waals surface area contributed by atoms with Gasteiger partial charge in [0.2, 0.25) is 5.01 Å². The van der Waals surface area contributed by atoms with E-state index in [1.165, 1.54) is 6.07 Å². The summed E-state index contributed by atoms with van der Waals surface area (Å²) in [5.74, 6) is -2.62. The van der Waals surface area contributed by atoms with E-state index in [0.717, 1.165) is 48.3 Å². The number of carbonyl (C=O) groups excluding carboxylic acids is 2. The van der Waals surface area contributed by atoms with Gasteiger partial charge in [0.25, 0.3) is 5.91 Å². The van der Waals surface area contributed by atoms with Crippen LogP contribution in [0.5, 0.6) is 0 Å². The zero-order valence-electron chi connectivity index (χ0n) is 17.1. The number of urea groups is 1. The van der Waals surface area contributed by atoms with Gasteiger partial charge in [-0.3, -0.25) is 4.79 Å². The van der Waals surface area contributed by atoms with Crippen molar-refractivity contribution in [3.63, 3.8) is 0 Å². The third-order valence-electron chi connectivity index (χ3n) is 5.14. The molecule has 3 aromatic rings. The normalized spacial score (nSPS) is 15.6. The van der Waals surface area contributed by atoms with Crippen LogP contribution < -0.4 is 10.6 Å². The van der Waals surface area contributed by atoms with Crippen LogP contribution in [0.2, 0.25) is 0 Å². The molecular weight excluding hydrogens is 436 g/mol. The molecule has 1 fully saturated rings. The van der Waals surface area contributed by atoms with Crippen LogP contribution in [-0.2, 0) is 6.42 Å². The molecule has 2 heterocycles. The Kier molecular flexibility index (Phi) is 6.69. The fourth-order valence-electron chi connectivity index (χ4n) is 3.55. The maximum absolute atomic E-state index is 13.3. The number of carbonyl (C=O) groups is 2. The maximum atomic E-state index is 13.3. The highest BCUT2D eigenvalue weighted by atomic mass is 32.1. The van der Waals surface area contributed by atoms with E-state index in [-0.39, 0.29) is 22.8 Å². The van der Waals surface area contributed by atoms with E-state index in [2.05, 4.69) is 20.8 Å². The molecule has 0 radical (unpaired) electrons. The monoisotopic (exact) mass is 457 g/mol. The fourth-order valence-corrected chi connectivity index (χ4v) is 4.43. The second kappa shape index (κ2) is 9.82. The predicted molar refractivity (Wildman–Crippen MR) is 116 cm³/mol. The summed E-state index contributed by atoms with van der Waals surface area (Å²) in [6, 6.07) is 12.6. The number of likely N-dealkylation sites (tertiary alicyclic amines) is 1. The molecular formula is C22H21F2N5O2S. The van der Waals surface area contributed by atoms with Gasteiger partial charge in [-0.15, -0.1) is 10.2 Å². The smallest absolute Gasteiger partial charge is 0.318 e. The Balaban J connectivity index is 1.36. The Morgan fingerprint density at radius 3 is 2.69 bits per heavy atom. The topological polar surface area (TPSA) is 87.2 Å². The lowest BCUT2D eigenvalue weighted by Gasteiger charge is -2.23. The molecule has 166 valence electrons. The first kappa shape index (κ1) is 21.8. The third-order valence-corrected chi connectivity index (χ3v) is 6.17. The minimum absolute atomic E-state index is 0.0843. The van der Waals surface area contributed by atoms with Crippen molar-refractivity contribution in [3.8, 4) is 0 Å². The SMILES string of the molecule is O=C(Nc1ccc(F)c(F)c1)c1nnc(C2CCCN2C(=O)NCCc2ccccc2)s1. The van der Waals surface area contributed by atoms with Gasteiger partial charge in [0.1, 0.15) is 5.01 Å². The molecule has 4 rings (SSSR count). The summed E-state index contributed by atoms with van der Waals surface area (Å²) in [6.07, 6.45) is 2.29. The molecule has 10 heteroatoms. The van der Waals surface area contributed by atoms with E-state index in [1.54, 1.807) is 4.90 Å². The number of nitrogens with one attached hydrogen (secondary N) is 2.